The summed E-state index contributed by atoms with van der Waals surface area (Å²) in [6, 6.07) is 13.3. The van der Waals surface area contributed by atoms with Crippen molar-refractivity contribution in [1.82, 2.24) is 5.32 Å². The zero-order chi connectivity index (χ0) is 24.4. The average molecular weight is 464 g/mol. The molecule has 0 saturated carbocycles. The molecule has 1 aliphatic carbocycles. The molecule has 0 amide bonds. The molecule has 2 aromatic rings. The molecule has 0 bridgehead atoms. The maximum Gasteiger partial charge on any atom is 0.336 e. The molecule has 34 heavy (non-hydrogen) atoms. The van der Waals surface area contributed by atoms with Gasteiger partial charge in [0.2, 0.25) is 0 Å². The average Bonchev–Trinajstić information content (AvgIpc) is 2.86. The molecule has 0 radical (unpaired) electrons. The summed E-state index contributed by atoms with van der Waals surface area (Å²) in [7, 11) is 6.10. The summed E-state index contributed by atoms with van der Waals surface area (Å²) in [5, 5.41) is 3.34. The fourth-order valence-corrected chi connectivity index (χ4v) is 4.90. The van der Waals surface area contributed by atoms with Gasteiger partial charge in [-0.3, -0.25) is 4.79 Å². The van der Waals surface area contributed by atoms with E-state index in [0.29, 0.717) is 41.2 Å². The van der Waals surface area contributed by atoms with Crippen molar-refractivity contribution in [1.29, 1.82) is 0 Å². The van der Waals surface area contributed by atoms with Gasteiger partial charge in [-0.1, -0.05) is 18.2 Å². The van der Waals surface area contributed by atoms with E-state index in [9.17, 15) is 9.59 Å². The van der Waals surface area contributed by atoms with Gasteiger partial charge in [-0.15, -0.1) is 0 Å². The summed E-state index contributed by atoms with van der Waals surface area (Å²) in [6.07, 6.45) is 1.01. The molecule has 0 fully saturated rings. The van der Waals surface area contributed by atoms with E-state index in [2.05, 4.69) is 5.32 Å². The maximum absolute atomic E-state index is 13.6. The first-order valence-corrected chi connectivity index (χ1v) is 11.1. The standard InChI is InChI=1S/C27H29NO6/c1-15-24(27(30)34-5)25(17-8-11-22(32-3)23(14-17)33-4)26-20(28-15)12-18(13-21(26)29)16-6-9-19(31-2)10-7-16/h6-11,14,18,25,28H,12-13H2,1-5H3. The molecule has 2 aliphatic rings. The number of ketones is 1. The van der Waals surface area contributed by atoms with Crippen LogP contribution in [0.4, 0.5) is 0 Å². The van der Waals surface area contributed by atoms with Crippen molar-refractivity contribution in [3.8, 4) is 17.2 Å². The summed E-state index contributed by atoms with van der Waals surface area (Å²) in [5.41, 5.74) is 4.37. The minimum Gasteiger partial charge on any atom is -0.497 e. The van der Waals surface area contributed by atoms with Crippen LogP contribution in [0.2, 0.25) is 0 Å². The third kappa shape index (κ3) is 4.14. The number of Topliss-reactive ketones (excluding diaryl/α,β-unsaturated/α-hetero) is 1. The Balaban J connectivity index is 1.80. The lowest BCUT2D eigenvalue weighted by atomic mass is 9.71. The third-order valence-electron chi connectivity index (χ3n) is 6.56. The van der Waals surface area contributed by atoms with Crippen LogP contribution >= 0.6 is 0 Å². The van der Waals surface area contributed by atoms with E-state index < -0.39 is 11.9 Å². The van der Waals surface area contributed by atoms with E-state index >= 15 is 0 Å². The van der Waals surface area contributed by atoms with Crippen LogP contribution in [0.15, 0.2) is 65.0 Å². The van der Waals surface area contributed by atoms with Gasteiger partial charge in [0, 0.05) is 29.3 Å². The maximum atomic E-state index is 13.6. The zero-order valence-corrected chi connectivity index (χ0v) is 20.1. The van der Waals surface area contributed by atoms with Crippen LogP contribution in [-0.4, -0.2) is 40.2 Å². The molecule has 1 aliphatic heterocycles. The molecular formula is C27H29NO6. The van der Waals surface area contributed by atoms with Gasteiger partial charge in [0.25, 0.3) is 0 Å². The van der Waals surface area contributed by atoms with E-state index in [1.807, 2.05) is 43.3 Å². The van der Waals surface area contributed by atoms with E-state index in [1.54, 1.807) is 27.4 Å². The molecule has 2 aromatic carbocycles. The summed E-state index contributed by atoms with van der Waals surface area (Å²) in [5.74, 6) is 0.878. The van der Waals surface area contributed by atoms with E-state index in [1.165, 1.54) is 7.11 Å². The second kappa shape index (κ2) is 9.63. The highest BCUT2D eigenvalue weighted by molar-refractivity contribution is 6.04. The van der Waals surface area contributed by atoms with E-state index in [4.69, 9.17) is 18.9 Å². The fraction of sp³-hybridized carbons (Fsp3) is 0.333. The molecule has 0 saturated heterocycles. The zero-order valence-electron chi connectivity index (χ0n) is 20.1. The van der Waals surface area contributed by atoms with Gasteiger partial charge in [-0.2, -0.15) is 0 Å². The minimum absolute atomic E-state index is 0.00301. The van der Waals surface area contributed by atoms with Gasteiger partial charge in [0.05, 0.1) is 34.0 Å². The number of methoxy groups -OCH3 is 4. The van der Waals surface area contributed by atoms with Crippen LogP contribution in [0.3, 0.4) is 0 Å². The Labute approximate surface area is 199 Å². The topological polar surface area (TPSA) is 83.1 Å². The van der Waals surface area contributed by atoms with Crippen molar-refractivity contribution in [2.75, 3.05) is 28.4 Å². The number of allylic oxidation sites excluding steroid dienone is 3. The SMILES string of the molecule is COC(=O)C1=C(C)NC2=C(C(=O)CC(c3ccc(OC)cc3)C2)C1c1ccc(OC)c(OC)c1. The number of benzene rings is 2. The highest BCUT2D eigenvalue weighted by Crippen LogP contribution is 2.47. The fourth-order valence-electron chi connectivity index (χ4n) is 4.90. The number of dihydropyridines is 1. The van der Waals surface area contributed by atoms with Crippen molar-refractivity contribution in [2.45, 2.75) is 31.6 Å². The molecule has 4 rings (SSSR count). The van der Waals surface area contributed by atoms with Gasteiger partial charge in [-0.25, -0.2) is 4.79 Å². The Morgan fingerprint density at radius 1 is 0.882 bits per heavy atom. The van der Waals surface area contributed by atoms with Crippen LogP contribution < -0.4 is 19.5 Å². The van der Waals surface area contributed by atoms with Crippen molar-refractivity contribution in [2.24, 2.45) is 0 Å². The lowest BCUT2D eigenvalue weighted by Crippen LogP contribution is -2.36. The summed E-state index contributed by atoms with van der Waals surface area (Å²) in [4.78, 5) is 26.5. The van der Waals surface area contributed by atoms with Crippen molar-refractivity contribution in [3.63, 3.8) is 0 Å². The van der Waals surface area contributed by atoms with Crippen LogP contribution in [0.5, 0.6) is 17.2 Å². The highest BCUT2D eigenvalue weighted by Gasteiger charge is 2.41. The monoisotopic (exact) mass is 463 g/mol. The number of carbonyl (C=O) groups excluding carboxylic acids is 2. The molecule has 2 unspecified atom stereocenters. The number of rotatable bonds is 6. The first kappa shape index (κ1) is 23.4. The van der Waals surface area contributed by atoms with Crippen molar-refractivity contribution < 1.29 is 28.5 Å². The molecule has 178 valence electrons. The normalized spacial score (nSPS) is 19.9. The smallest absolute Gasteiger partial charge is 0.336 e. The Kier molecular flexibility index (Phi) is 6.63. The van der Waals surface area contributed by atoms with Crippen LogP contribution in [0.25, 0.3) is 0 Å². The summed E-state index contributed by atoms with van der Waals surface area (Å²) in [6.45, 7) is 1.84. The molecule has 2 atom stereocenters. The number of hydrogen-bond donors (Lipinski definition) is 1. The predicted molar refractivity (Wildman–Crippen MR) is 127 cm³/mol. The van der Waals surface area contributed by atoms with Gasteiger partial charge >= 0.3 is 5.97 Å². The molecule has 0 spiro atoms. The van der Waals surface area contributed by atoms with Gasteiger partial charge < -0.3 is 24.3 Å². The number of ether oxygens (including phenoxy) is 4. The Morgan fingerprint density at radius 3 is 2.18 bits per heavy atom. The molecule has 7 heteroatoms. The Morgan fingerprint density at radius 2 is 1.56 bits per heavy atom. The lowest BCUT2D eigenvalue weighted by molar-refractivity contribution is -0.136. The van der Waals surface area contributed by atoms with Crippen LogP contribution in [0, 0.1) is 0 Å². The summed E-state index contributed by atoms with van der Waals surface area (Å²) >= 11 is 0. The van der Waals surface area contributed by atoms with Crippen LogP contribution in [-0.2, 0) is 14.3 Å². The number of nitrogens with one attached hydrogen (secondary N) is 1. The first-order valence-electron chi connectivity index (χ1n) is 11.1. The largest absolute Gasteiger partial charge is 0.497 e. The number of carbonyl (C=O) groups is 2. The second-order valence-electron chi connectivity index (χ2n) is 8.40. The first-order chi connectivity index (χ1) is 16.4. The number of hydrogen-bond acceptors (Lipinski definition) is 7. The minimum atomic E-state index is -0.562. The third-order valence-corrected chi connectivity index (χ3v) is 6.56. The van der Waals surface area contributed by atoms with Gasteiger partial charge in [0.15, 0.2) is 17.3 Å². The molecule has 1 N–H and O–H groups in total. The Bertz CT molecular complexity index is 1180. The Hall–Kier alpha value is -3.74. The van der Waals surface area contributed by atoms with Gasteiger partial charge in [0.1, 0.15) is 5.75 Å². The lowest BCUT2D eigenvalue weighted by Gasteiger charge is -2.36. The molecular weight excluding hydrogens is 434 g/mol. The molecule has 0 aromatic heterocycles. The van der Waals surface area contributed by atoms with Gasteiger partial charge in [-0.05, 0) is 54.7 Å². The molecule has 1 heterocycles. The highest BCUT2D eigenvalue weighted by atomic mass is 16.5. The van der Waals surface area contributed by atoms with Crippen LogP contribution in [0.1, 0.15) is 42.7 Å². The van der Waals surface area contributed by atoms with E-state index in [0.717, 1.165) is 22.6 Å². The molecule has 7 nitrogen and oxygen atoms in total. The summed E-state index contributed by atoms with van der Waals surface area (Å²) < 4.78 is 21.2. The predicted octanol–water partition coefficient (Wildman–Crippen LogP) is 4.25. The second-order valence-corrected chi connectivity index (χ2v) is 8.40. The van der Waals surface area contributed by atoms with Crippen molar-refractivity contribution >= 4 is 11.8 Å². The number of esters is 1. The van der Waals surface area contributed by atoms with Crippen molar-refractivity contribution in [3.05, 3.63) is 76.1 Å². The quantitative estimate of drug-likeness (QED) is 0.642. The van der Waals surface area contributed by atoms with E-state index in [-0.39, 0.29) is 11.7 Å².